The zero-order valence-corrected chi connectivity index (χ0v) is 20.1. The lowest BCUT2D eigenvalue weighted by Crippen LogP contribution is -1.97. The molecule has 0 atom stereocenters. The average Bonchev–Trinajstić information content (AvgIpc) is 2.97. The standard InChI is InChI=1S/C36H22O/c1-2-11-24-23(9-1)10-7-15-25(24)28-19-20-29(27-13-4-3-12-26(27)28)30-21-22-33-31-14-5-6-17-34(31)37-35-18-8-16-32(30)36(33)35/h1-22H. The van der Waals surface area contributed by atoms with Crippen LogP contribution in [0.4, 0.5) is 0 Å². The highest BCUT2D eigenvalue weighted by atomic mass is 16.5. The van der Waals surface area contributed by atoms with Crippen molar-refractivity contribution in [1.82, 2.24) is 0 Å². The zero-order valence-electron chi connectivity index (χ0n) is 20.1. The molecule has 0 aromatic heterocycles. The number of fused-ring (bicyclic) bond motifs is 4. The van der Waals surface area contributed by atoms with Crippen LogP contribution >= 0.6 is 0 Å². The summed E-state index contributed by atoms with van der Waals surface area (Å²) >= 11 is 0. The maximum atomic E-state index is 6.35. The molecule has 0 radical (unpaired) electrons. The number of hydrogen-bond donors (Lipinski definition) is 0. The second-order valence-corrected chi connectivity index (χ2v) is 9.67. The largest absolute Gasteiger partial charge is 0.456 e. The van der Waals surface area contributed by atoms with Gasteiger partial charge in [-0.15, -0.1) is 0 Å². The first-order valence-corrected chi connectivity index (χ1v) is 12.7. The molecule has 0 saturated heterocycles. The number of rotatable bonds is 2. The fraction of sp³-hybridized carbons (Fsp3) is 0. The summed E-state index contributed by atoms with van der Waals surface area (Å²) in [5.41, 5.74) is 7.37. The number of para-hydroxylation sites is 1. The molecule has 7 aromatic rings. The highest BCUT2D eigenvalue weighted by Gasteiger charge is 2.22. The van der Waals surface area contributed by atoms with E-state index in [1.807, 2.05) is 12.1 Å². The highest BCUT2D eigenvalue weighted by molar-refractivity contribution is 6.15. The van der Waals surface area contributed by atoms with Crippen molar-refractivity contribution in [3.63, 3.8) is 0 Å². The Balaban J connectivity index is 1.40. The molecule has 172 valence electrons. The quantitative estimate of drug-likeness (QED) is 0.244. The van der Waals surface area contributed by atoms with Crippen molar-refractivity contribution in [1.29, 1.82) is 0 Å². The van der Waals surface area contributed by atoms with Gasteiger partial charge < -0.3 is 4.74 Å². The molecule has 1 aliphatic rings. The Kier molecular flexibility index (Phi) is 4.29. The maximum Gasteiger partial charge on any atom is 0.135 e. The minimum Gasteiger partial charge on any atom is -0.456 e. The SMILES string of the molecule is c1ccc2c(c1)Oc1cccc3c(-c4ccc(-c5cccc6ccccc56)c5ccccc45)ccc-2c13. The van der Waals surface area contributed by atoms with Gasteiger partial charge in [-0.05, 0) is 66.9 Å². The normalized spacial score (nSPS) is 12.0. The molecule has 0 unspecified atom stereocenters. The molecule has 0 amide bonds. The molecular weight excluding hydrogens is 448 g/mol. The first kappa shape index (κ1) is 20.3. The second kappa shape index (κ2) is 7.81. The van der Waals surface area contributed by atoms with Crippen LogP contribution in [-0.2, 0) is 0 Å². The van der Waals surface area contributed by atoms with Crippen LogP contribution in [0.15, 0.2) is 133 Å². The third-order valence-electron chi connectivity index (χ3n) is 7.69. The number of ether oxygens (including phenoxy) is 1. The monoisotopic (exact) mass is 470 g/mol. The topological polar surface area (TPSA) is 9.23 Å². The lowest BCUT2D eigenvalue weighted by Gasteiger charge is -2.23. The van der Waals surface area contributed by atoms with E-state index in [2.05, 4.69) is 121 Å². The van der Waals surface area contributed by atoms with Gasteiger partial charge in [-0.3, -0.25) is 0 Å². The Labute approximate surface area is 215 Å². The molecule has 0 aliphatic carbocycles. The van der Waals surface area contributed by atoms with E-state index in [1.54, 1.807) is 0 Å². The summed E-state index contributed by atoms with van der Waals surface area (Å²) in [6, 6.07) is 47.8. The van der Waals surface area contributed by atoms with Gasteiger partial charge in [0.15, 0.2) is 0 Å². The number of hydrogen-bond acceptors (Lipinski definition) is 1. The van der Waals surface area contributed by atoms with Crippen molar-refractivity contribution in [3.8, 4) is 44.9 Å². The van der Waals surface area contributed by atoms with E-state index >= 15 is 0 Å². The third-order valence-corrected chi connectivity index (χ3v) is 7.69. The first-order valence-electron chi connectivity index (χ1n) is 12.7. The molecule has 0 spiro atoms. The van der Waals surface area contributed by atoms with E-state index in [0.717, 1.165) is 17.1 Å². The summed E-state index contributed by atoms with van der Waals surface area (Å²) in [6.07, 6.45) is 0. The summed E-state index contributed by atoms with van der Waals surface area (Å²) in [7, 11) is 0. The first-order chi connectivity index (χ1) is 18.4. The van der Waals surface area contributed by atoms with Crippen molar-refractivity contribution < 1.29 is 4.74 Å². The van der Waals surface area contributed by atoms with Gasteiger partial charge in [-0.25, -0.2) is 0 Å². The van der Waals surface area contributed by atoms with Gasteiger partial charge in [0.2, 0.25) is 0 Å². The maximum absolute atomic E-state index is 6.35. The molecular formula is C36H22O. The lowest BCUT2D eigenvalue weighted by molar-refractivity contribution is 0.487. The molecule has 0 bridgehead atoms. The van der Waals surface area contributed by atoms with Gasteiger partial charge in [-0.2, -0.15) is 0 Å². The van der Waals surface area contributed by atoms with Gasteiger partial charge in [-0.1, -0.05) is 121 Å². The van der Waals surface area contributed by atoms with E-state index in [9.17, 15) is 0 Å². The second-order valence-electron chi connectivity index (χ2n) is 9.67. The van der Waals surface area contributed by atoms with Gasteiger partial charge in [0.25, 0.3) is 0 Å². The van der Waals surface area contributed by atoms with Crippen LogP contribution in [0.5, 0.6) is 11.5 Å². The molecule has 0 saturated carbocycles. The van der Waals surface area contributed by atoms with E-state index in [-0.39, 0.29) is 0 Å². The minimum absolute atomic E-state index is 0.917. The van der Waals surface area contributed by atoms with Crippen LogP contribution in [0.1, 0.15) is 0 Å². The Bertz CT molecular complexity index is 2010. The Morgan fingerprint density at radius 2 is 0.784 bits per heavy atom. The minimum atomic E-state index is 0.917. The third kappa shape index (κ3) is 2.98. The fourth-order valence-electron chi connectivity index (χ4n) is 6.04. The molecule has 1 heteroatoms. The smallest absolute Gasteiger partial charge is 0.135 e. The van der Waals surface area contributed by atoms with Gasteiger partial charge in [0, 0.05) is 10.9 Å². The average molecular weight is 471 g/mol. The molecule has 1 heterocycles. The lowest BCUT2D eigenvalue weighted by atomic mass is 9.86. The van der Waals surface area contributed by atoms with Crippen LogP contribution in [-0.4, -0.2) is 0 Å². The van der Waals surface area contributed by atoms with Crippen LogP contribution < -0.4 is 4.74 Å². The zero-order chi connectivity index (χ0) is 24.3. The summed E-state index contributed by atoms with van der Waals surface area (Å²) in [6.45, 7) is 0. The molecule has 0 N–H and O–H groups in total. The molecule has 0 fully saturated rings. The van der Waals surface area contributed by atoms with Gasteiger partial charge >= 0.3 is 0 Å². The van der Waals surface area contributed by atoms with Gasteiger partial charge in [0.05, 0.1) is 0 Å². The summed E-state index contributed by atoms with van der Waals surface area (Å²) < 4.78 is 6.35. The molecule has 37 heavy (non-hydrogen) atoms. The predicted molar refractivity (Wildman–Crippen MR) is 155 cm³/mol. The number of benzene rings is 7. The van der Waals surface area contributed by atoms with Crippen molar-refractivity contribution >= 4 is 32.3 Å². The van der Waals surface area contributed by atoms with Crippen molar-refractivity contribution in [2.75, 3.05) is 0 Å². The van der Waals surface area contributed by atoms with E-state index < -0.39 is 0 Å². The van der Waals surface area contributed by atoms with Crippen LogP contribution in [0.2, 0.25) is 0 Å². The highest BCUT2D eigenvalue weighted by Crippen LogP contribution is 2.49. The summed E-state index contributed by atoms with van der Waals surface area (Å²) in [5.74, 6) is 1.84. The van der Waals surface area contributed by atoms with E-state index in [4.69, 9.17) is 4.74 Å². The van der Waals surface area contributed by atoms with Crippen LogP contribution in [0.3, 0.4) is 0 Å². The van der Waals surface area contributed by atoms with E-state index in [1.165, 1.54) is 60.1 Å². The van der Waals surface area contributed by atoms with Gasteiger partial charge in [0.1, 0.15) is 11.5 Å². The molecule has 8 rings (SSSR count). The summed E-state index contributed by atoms with van der Waals surface area (Å²) in [5, 5.41) is 7.45. The van der Waals surface area contributed by atoms with E-state index in [0.29, 0.717) is 0 Å². The van der Waals surface area contributed by atoms with Crippen molar-refractivity contribution in [2.45, 2.75) is 0 Å². The molecule has 1 nitrogen and oxygen atoms in total. The summed E-state index contributed by atoms with van der Waals surface area (Å²) in [4.78, 5) is 0. The van der Waals surface area contributed by atoms with Crippen LogP contribution in [0.25, 0.3) is 65.7 Å². The Hall–Kier alpha value is -4.88. The van der Waals surface area contributed by atoms with Crippen molar-refractivity contribution in [2.24, 2.45) is 0 Å². The molecule has 1 aliphatic heterocycles. The van der Waals surface area contributed by atoms with Crippen molar-refractivity contribution in [3.05, 3.63) is 133 Å². The Morgan fingerprint density at radius 1 is 0.297 bits per heavy atom. The van der Waals surface area contributed by atoms with Crippen LogP contribution in [0, 0.1) is 0 Å². The fourth-order valence-corrected chi connectivity index (χ4v) is 6.04. The Morgan fingerprint density at radius 3 is 1.59 bits per heavy atom. The molecule has 7 aromatic carbocycles. The predicted octanol–water partition coefficient (Wildman–Crippen LogP) is 10.3.